The molecule has 0 N–H and O–H groups in total. The summed E-state index contributed by atoms with van der Waals surface area (Å²) < 4.78 is 11.3. The highest BCUT2D eigenvalue weighted by Gasteiger charge is 2.21. The normalized spacial score (nSPS) is 18.5. The molecule has 8 heteroatoms. The van der Waals surface area contributed by atoms with Gasteiger partial charge in [0.2, 0.25) is 5.82 Å². The number of hydrogen-bond acceptors (Lipinski definition) is 8. The molecule has 1 fully saturated rings. The molecule has 1 saturated heterocycles. The molecule has 0 saturated carbocycles. The van der Waals surface area contributed by atoms with Crippen molar-refractivity contribution in [3.8, 4) is 11.5 Å². The van der Waals surface area contributed by atoms with Gasteiger partial charge in [-0.05, 0) is 30.8 Å². The van der Waals surface area contributed by atoms with Crippen LogP contribution in [-0.2, 0) is 17.9 Å². The molecule has 0 bridgehead atoms. The number of nitrogens with zero attached hydrogens (tertiary/aromatic N) is 5. The van der Waals surface area contributed by atoms with Crippen molar-refractivity contribution in [2.45, 2.75) is 32.1 Å². The summed E-state index contributed by atoms with van der Waals surface area (Å²) in [5.74, 6) is 0.908. The standard InChI is InChI=1S/C17H19N5O2S/c1-3-13(10-22(7-1)11-14-4-2-8-25-14)23-12-16-20-17(21-24-16)15-9-18-5-6-19-15/h2,4-6,8-9,13H,1,3,7,10-12H2/t13-/m1/s1. The van der Waals surface area contributed by atoms with Gasteiger partial charge in [0.1, 0.15) is 12.3 Å². The van der Waals surface area contributed by atoms with E-state index in [1.807, 2.05) is 0 Å². The zero-order valence-electron chi connectivity index (χ0n) is 13.7. The fourth-order valence-electron chi connectivity index (χ4n) is 2.94. The fourth-order valence-corrected chi connectivity index (χ4v) is 3.68. The number of thiophene rings is 1. The first-order chi connectivity index (χ1) is 12.4. The van der Waals surface area contributed by atoms with Gasteiger partial charge in [-0.15, -0.1) is 11.3 Å². The summed E-state index contributed by atoms with van der Waals surface area (Å²) in [6.45, 7) is 3.37. The Labute approximate surface area is 149 Å². The van der Waals surface area contributed by atoms with E-state index in [9.17, 15) is 0 Å². The number of piperidine rings is 1. The van der Waals surface area contributed by atoms with E-state index in [1.54, 1.807) is 29.9 Å². The van der Waals surface area contributed by atoms with Gasteiger partial charge in [0, 0.05) is 30.4 Å². The number of aromatic nitrogens is 4. The highest BCUT2D eigenvalue weighted by molar-refractivity contribution is 7.09. The van der Waals surface area contributed by atoms with Gasteiger partial charge in [-0.1, -0.05) is 11.2 Å². The predicted molar refractivity (Wildman–Crippen MR) is 92.7 cm³/mol. The van der Waals surface area contributed by atoms with Crippen LogP contribution >= 0.6 is 11.3 Å². The Balaban J connectivity index is 1.30. The second-order valence-electron chi connectivity index (χ2n) is 5.99. The molecule has 4 rings (SSSR count). The van der Waals surface area contributed by atoms with Gasteiger partial charge in [0.15, 0.2) is 0 Å². The minimum Gasteiger partial charge on any atom is -0.367 e. The predicted octanol–water partition coefficient (Wildman–Crippen LogP) is 2.77. The van der Waals surface area contributed by atoms with Crippen LogP contribution in [0.3, 0.4) is 0 Å². The van der Waals surface area contributed by atoms with Crippen LogP contribution in [0, 0.1) is 0 Å². The van der Waals surface area contributed by atoms with Crippen LogP contribution in [0.2, 0.25) is 0 Å². The first-order valence-electron chi connectivity index (χ1n) is 8.32. The molecule has 0 amide bonds. The molecule has 3 aromatic heterocycles. The number of hydrogen-bond donors (Lipinski definition) is 0. The average Bonchev–Trinajstić information content (AvgIpc) is 3.33. The Morgan fingerprint density at radius 2 is 2.36 bits per heavy atom. The summed E-state index contributed by atoms with van der Waals surface area (Å²) in [7, 11) is 0. The fraction of sp³-hybridized carbons (Fsp3) is 0.412. The molecule has 0 aromatic carbocycles. The lowest BCUT2D eigenvalue weighted by Gasteiger charge is -2.32. The molecule has 25 heavy (non-hydrogen) atoms. The Morgan fingerprint density at radius 3 is 3.20 bits per heavy atom. The molecule has 1 atom stereocenters. The van der Waals surface area contributed by atoms with Crippen LogP contribution in [0.4, 0.5) is 0 Å². The molecule has 1 aliphatic rings. The van der Waals surface area contributed by atoms with Gasteiger partial charge < -0.3 is 9.26 Å². The maximum Gasteiger partial charge on any atom is 0.253 e. The summed E-state index contributed by atoms with van der Waals surface area (Å²) in [6.07, 6.45) is 7.22. The smallest absolute Gasteiger partial charge is 0.253 e. The van der Waals surface area contributed by atoms with Crippen LogP contribution in [0.1, 0.15) is 23.6 Å². The summed E-state index contributed by atoms with van der Waals surface area (Å²) in [5, 5.41) is 6.06. The van der Waals surface area contributed by atoms with Crippen LogP contribution < -0.4 is 0 Å². The molecule has 3 aromatic rings. The Bertz CT molecular complexity index is 777. The zero-order chi connectivity index (χ0) is 16.9. The molecular formula is C17H19N5O2S. The number of likely N-dealkylation sites (tertiary alicyclic amines) is 1. The summed E-state index contributed by atoms with van der Waals surface area (Å²) >= 11 is 1.80. The van der Waals surface area contributed by atoms with Crippen molar-refractivity contribution in [2.24, 2.45) is 0 Å². The molecule has 0 radical (unpaired) electrons. The number of ether oxygens (including phenoxy) is 1. The molecule has 1 aliphatic heterocycles. The van der Waals surface area contributed by atoms with Gasteiger partial charge in [0.25, 0.3) is 5.89 Å². The molecule has 0 aliphatic carbocycles. The zero-order valence-corrected chi connectivity index (χ0v) is 14.6. The van der Waals surface area contributed by atoms with Crippen LogP contribution in [0.25, 0.3) is 11.5 Å². The van der Waals surface area contributed by atoms with E-state index in [2.05, 4.69) is 42.5 Å². The summed E-state index contributed by atoms with van der Waals surface area (Å²) in [4.78, 5) is 16.3. The largest absolute Gasteiger partial charge is 0.367 e. The van der Waals surface area contributed by atoms with Crippen molar-refractivity contribution in [3.05, 3.63) is 46.9 Å². The van der Waals surface area contributed by atoms with Crippen molar-refractivity contribution in [2.75, 3.05) is 13.1 Å². The quantitative estimate of drug-likeness (QED) is 0.671. The maximum absolute atomic E-state index is 6.00. The van der Waals surface area contributed by atoms with Crippen molar-refractivity contribution in [3.63, 3.8) is 0 Å². The van der Waals surface area contributed by atoms with Gasteiger partial charge >= 0.3 is 0 Å². The van der Waals surface area contributed by atoms with Gasteiger partial charge in [-0.25, -0.2) is 4.98 Å². The third-order valence-electron chi connectivity index (χ3n) is 4.12. The lowest BCUT2D eigenvalue weighted by molar-refractivity contribution is -0.0208. The Kier molecular flexibility index (Phi) is 5.10. The first kappa shape index (κ1) is 16.3. The van der Waals surface area contributed by atoms with Crippen molar-refractivity contribution < 1.29 is 9.26 Å². The van der Waals surface area contributed by atoms with E-state index in [0.717, 1.165) is 32.5 Å². The SMILES string of the molecule is c1csc(CN2CCC[C@@H](OCc3nc(-c4cnccn4)no3)C2)c1. The van der Waals surface area contributed by atoms with Crippen molar-refractivity contribution in [1.29, 1.82) is 0 Å². The number of rotatable bonds is 6. The van der Waals surface area contributed by atoms with Crippen LogP contribution in [0.5, 0.6) is 0 Å². The van der Waals surface area contributed by atoms with E-state index in [0.29, 0.717) is 24.0 Å². The minimum absolute atomic E-state index is 0.195. The van der Waals surface area contributed by atoms with E-state index in [-0.39, 0.29) is 6.10 Å². The van der Waals surface area contributed by atoms with Crippen molar-refractivity contribution in [1.82, 2.24) is 25.0 Å². The van der Waals surface area contributed by atoms with E-state index in [1.165, 1.54) is 4.88 Å². The van der Waals surface area contributed by atoms with Gasteiger partial charge in [-0.2, -0.15) is 4.98 Å². The first-order valence-corrected chi connectivity index (χ1v) is 9.20. The second kappa shape index (κ2) is 7.81. The van der Waals surface area contributed by atoms with Crippen molar-refractivity contribution >= 4 is 11.3 Å². The molecule has 4 heterocycles. The van der Waals surface area contributed by atoms with Gasteiger partial charge in [-0.3, -0.25) is 9.88 Å². The third-order valence-corrected chi connectivity index (χ3v) is 4.99. The van der Waals surface area contributed by atoms with E-state index < -0.39 is 0 Å². The van der Waals surface area contributed by atoms with Gasteiger partial charge in [0.05, 0.1) is 12.3 Å². The lowest BCUT2D eigenvalue weighted by Crippen LogP contribution is -2.38. The molecule has 0 spiro atoms. The minimum atomic E-state index is 0.195. The van der Waals surface area contributed by atoms with E-state index in [4.69, 9.17) is 9.26 Å². The van der Waals surface area contributed by atoms with Crippen LogP contribution in [-0.4, -0.2) is 44.2 Å². The van der Waals surface area contributed by atoms with Crippen LogP contribution in [0.15, 0.2) is 40.6 Å². The average molecular weight is 357 g/mol. The summed E-state index contributed by atoms with van der Waals surface area (Å²) in [6, 6.07) is 4.28. The lowest BCUT2D eigenvalue weighted by atomic mass is 10.1. The highest BCUT2D eigenvalue weighted by atomic mass is 32.1. The Hall–Kier alpha value is -2.16. The molecule has 130 valence electrons. The van der Waals surface area contributed by atoms with E-state index >= 15 is 0 Å². The molecule has 0 unspecified atom stereocenters. The molecular weight excluding hydrogens is 338 g/mol. The summed E-state index contributed by atoms with van der Waals surface area (Å²) in [5.41, 5.74) is 0.595. The second-order valence-corrected chi connectivity index (χ2v) is 7.02. The third kappa shape index (κ3) is 4.28. The monoisotopic (exact) mass is 357 g/mol. The maximum atomic E-state index is 6.00. The molecule has 7 nitrogen and oxygen atoms in total. The topological polar surface area (TPSA) is 77.2 Å². The Morgan fingerprint density at radius 1 is 1.36 bits per heavy atom. The highest BCUT2D eigenvalue weighted by Crippen LogP contribution is 2.19.